The Labute approximate surface area is 96.1 Å². The number of methoxy groups -OCH3 is 1. The molecule has 16 heavy (non-hydrogen) atoms. The number of aryl methyl sites for hydroxylation is 1. The quantitative estimate of drug-likeness (QED) is 0.705. The maximum absolute atomic E-state index is 5.26. The van der Waals surface area contributed by atoms with Gasteiger partial charge in [0.05, 0.1) is 7.11 Å². The largest absolute Gasteiger partial charge is 0.497 e. The summed E-state index contributed by atoms with van der Waals surface area (Å²) in [5.41, 5.74) is 1.29. The van der Waals surface area contributed by atoms with E-state index < -0.39 is 0 Å². The van der Waals surface area contributed by atoms with Crippen LogP contribution in [0.1, 0.15) is 12.0 Å². The lowest BCUT2D eigenvalue weighted by Crippen LogP contribution is -1.85. The molecule has 0 amide bonds. The van der Waals surface area contributed by atoms with Crippen molar-refractivity contribution in [2.24, 2.45) is 0 Å². The molecule has 1 heteroatoms. The Kier molecular flexibility index (Phi) is 3.12. The van der Waals surface area contributed by atoms with Crippen molar-refractivity contribution in [3.05, 3.63) is 42.0 Å². The van der Waals surface area contributed by atoms with Crippen molar-refractivity contribution in [1.29, 1.82) is 0 Å². The first-order chi connectivity index (χ1) is 7.83. The van der Waals surface area contributed by atoms with Gasteiger partial charge in [-0.2, -0.15) is 0 Å². The van der Waals surface area contributed by atoms with Gasteiger partial charge in [-0.25, -0.2) is 0 Å². The second-order valence-electron chi connectivity index (χ2n) is 3.75. The van der Waals surface area contributed by atoms with Gasteiger partial charge in [0.1, 0.15) is 5.75 Å². The standard InChI is InChI=1S/C15H14O/c1-3-4-5-12-6-7-14-11-15(16-2)9-8-13(14)10-12/h1,6-11H,4-5H2,2H3. The van der Waals surface area contributed by atoms with Gasteiger partial charge in [0, 0.05) is 6.42 Å². The van der Waals surface area contributed by atoms with Gasteiger partial charge >= 0.3 is 0 Å². The van der Waals surface area contributed by atoms with E-state index in [2.05, 4.69) is 30.2 Å². The summed E-state index contributed by atoms with van der Waals surface area (Å²) in [7, 11) is 1.68. The van der Waals surface area contributed by atoms with Crippen molar-refractivity contribution >= 4 is 10.8 Å². The van der Waals surface area contributed by atoms with Crippen LogP contribution in [0.3, 0.4) is 0 Å². The molecule has 80 valence electrons. The molecule has 0 spiro atoms. The maximum atomic E-state index is 5.26. The molecule has 0 aromatic heterocycles. The van der Waals surface area contributed by atoms with E-state index in [4.69, 9.17) is 11.2 Å². The fourth-order valence-corrected chi connectivity index (χ4v) is 1.77. The van der Waals surface area contributed by atoms with Crippen LogP contribution in [0.5, 0.6) is 5.75 Å². The fraction of sp³-hybridized carbons (Fsp3) is 0.200. The lowest BCUT2D eigenvalue weighted by molar-refractivity contribution is 0.415. The smallest absolute Gasteiger partial charge is 0.119 e. The van der Waals surface area contributed by atoms with Gasteiger partial charge in [-0.05, 0) is 34.9 Å². The Morgan fingerprint density at radius 1 is 1.12 bits per heavy atom. The monoisotopic (exact) mass is 210 g/mol. The average molecular weight is 210 g/mol. The molecule has 0 aliphatic rings. The molecule has 0 N–H and O–H groups in total. The van der Waals surface area contributed by atoms with E-state index in [9.17, 15) is 0 Å². The summed E-state index contributed by atoms with van der Waals surface area (Å²) in [4.78, 5) is 0. The molecule has 0 aliphatic heterocycles. The van der Waals surface area contributed by atoms with Crippen molar-refractivity contribution in [3.8, 4) is 18.1 Å². The highest BCUT2D eigenvalue weighted by molar-refractivity contribution is 5.84. The summed E-state index contributed by atoms with van der Waals surface area (Å²) in [5, 5.41) is 2.43. The third kappa shape index (κ3) is 2.17. The highest BCUT2D eigenvalue weighted by Gasteiger charge is 1.98. The van der Waals surface area contributed by atoms with E-state index in [1.165, 1.54) is 16.3 Å². The maximum Gasteiger partial charge on any atom is 0.119 e. The zero-order chi connectivity index (χ0) is 11.4. The molecule has 2 aromatic rings. The summed E-state index contributed by atoms with van der Waals surface area (Å²) in [6.45, 7) is 0. The highest BCUT2D eigenvalue weighted by atomic mass is 16.5. The van der Waals surface area contributed by atoms with Crippen molar-refractivity contribution < 1.29 is 4.74 Å². The van der Waals surface area contributed by atoms with Gasteiger partial charge in [0.15, 0.2) is 0 Å². The SMILES string of the molecule is C#CCCc1ccc2cc(OC)ccc2c1. The third-order valence-corrected chi connectivity index (χ3v) is 2.67. The first-order valence-electron chi connectivity index (χ1n) is 5.33. The van der Waals surface area contributed by atoms with Gasteiger partial charge in [0.25, 0.3) is 0 Å². The Hall–Kier alpha value is -1.94. The van der Waals surface area contributed by atoms with Crippen molar-refractivity contribution in [1.82, 2.24) is 0 Å². The Bertz CT molecular complexity index is 535. The van der Waals surface area contributed by atoms with Crippen LogP contribution < -0.4 is 4.74 Å². The molecule has 2 aromatic carbocycles. The summed E-state index contributed by atoms with van der Waals surface area (Å²) >= 11 is 0. The number of benzene rings is 2. The zero-order valence-electron chi connectivity index (χ0n) is 9.36. The number of hydrogen-bond acceptors (Lipinski definition) is 1. The van der Waals surface area contributed by atoms with Crippen LogP contribution in [0.25, 0.3) is 10.8 Å². The van der Waals surface area contributed by atoms with Crippen LogP contribution in [0.4, 0.5) is 0 Å². The first-order valence-corrected chi connectivity index (χ1v) is 5.33. The van der Waals surface area contributed by atoms with Crippen LogP contribution in [-0.4, -0.2) is 7.11 Å². The summed E-state index contributed by atoms with van der Waals surface area (Å²) in [6, 6.07) is 12.5. The Morgan fingerprint density at radius 3 is 2.62 bits per heavy atom. The Balaban J connectivity index is 2.36. The van der Waals surface area contributed by atoms with E-state index in [0.29, 0.717) is 0 Å². The molecule has 0 saturated carbocycles. The number of ether oxygens (including phenoxy) is 1. The minimum absolute atomic E-state index is 0.793. The van der Waals surface area contributed by atoms with E-state index >= 15 is 0 Å². The molecule has 0 saturated heterocycles. The molecular formula is C15H14O. The molecule has 0 heterocycles. The van der Waals surface area contributed by atoms with E-state index in [-0.39, 0.29) is 0 Å². The molecule has 0 aliphatic carbocycles. The van der Waals surface area contributed by atoms with E-state index in [1.54, 1.807) is 7.11 Å². The molecule has 0 bridgehead atoms. The third-order valence-electron chi connectivity index (χ3n) is 2.67. The molecule has 0 radical (unpaired) electrons. The lowest BCUT2D eigenvalue weighted by atomic mass is 10.0. The van der Waals surface area contributed by atoms with Crippen LogP contribution >= 0.6 is 0 Å². The second-order valence-corrected chi connectivity index (χ2v) is 3.75. The molecule has 0 fully saturated rings. The van der Waals surface area contributed by atoms with Crippen LogP contribution in [0.2, 0.25) is 0 Å². The predicted molar refractivity (Wildman–Crippen MR) is 67.7 cm³/mol. The average Bonchev–Trinajstić information content (AvgIpc) is 2.35. The molecule has 1 nitrogen and oxygen atoms in total. The molecule has 0 unspecified atom stereocenters. The number of rotatable bonds is 3. The van der Waals surface area contributed by atoms with Crippen molar-refractivity contribution in [3.63, 3.8) is 0 Å². The van der Waals surface area contributed by atoms with Gasteiger partial charge in [-0.1, -0.05) is 24.3 Å². The predicted octanol–water partition coefficient (Wildman–Crippen LogP) is 3.41. The zero-order valence-corrected chi connectivity index (χ0v) is 9.36. The fourth-order valence-electron chi connectivity index (χ4n) is 1.77. The number of terminal acetylenes is 1. The molecular weight excluding hydrogens is 196 g/mol. The lowest BCUT2D eigenvalue weighted by Gasteiger charge is -2.04. The normalized spacial score (nSPS) is 10.0. The first kappa shape index (κ1) is 10.6. The minimum atomic E-state index is 0.793. The van der Waals surface area contributed by atoms with Crippen molar-refractivity contribution in [2.75, 3.05) is 7.11 Å². The van der Waals surface area contributed by atoms with Gasteiger partial charge in [-0.15, -0.1) is 12.3 Å². The summed E-state index contributed by atoms with van der Waals surface area (Å²) < 4.78 is 5.19. The van der Waals surface area contributed by atoms with Gasteiger partial charge in [0.2, 0.25) is 0 Å². The van der Waals surface area contributed by atoms with Gasteiger partial charge in [-0.3, -0.25) is 0 Å². The van der Waals surface area contributed by atoms with Crippen molar-refractivity contribution in [2.45, 2.75) is 12.8 Å². The molecule has 2 rings (SSSR count). The minimum Gasteiger partial charge on any atom is -0.497 e. The topological polar surface area (TPSA) is 9.23 Å². The van der Waals surface area contributed by atoms with Crippen LogP contribution in [0.15, 0.2) is 36.4 Å². The number of fused-ring (bicyclic) bond motifs is 1. The second kappa shape index (κ2) is 4.72. The van der Waals surface area contributed by atoms with E-state index in [1.807, 2.05) is 12.1 Å². The van der Waals surface area contributed by atoms with Crippen LogP contribution in [-0.2, 0) is 6.42 Å². The van der Waals surface area contributed by atoms with E-state index in [0.717, 1.165) is 18.6 Å². The van der Waals surface area contributed by atoms with Gasteiger partial charge < -0.3 is 4.74 Å². The highest BCUT2D eigenvalue weighted by Crippen LogP contribution is 2.22. The van der Waals surface area contributed by atoms with Crippen LogP contribution in [0, 0.1) is 12.3 Å². The number of hydrogen-bond donors (Lipinski definition) is 0. The summed E-state index contributed by atoms with van der Waals surface area (Å²) in [6.07, 6.45) is 7.00. The summed E-state index contributed by atoms with van der Waals surface area (Å²) in [5.74, 6) is 3.55. The Morgan fingerprint density at radius 2 is 1.88 bits per heavy atom. The molecule has 0 atom stereocenters.